The summed E-state index contributed by atoms with van der Waals surface area (Å²) in [6, 6.07) is 10.2. The number of piperidine rings is 1. The number of hydrogen-bond donors (Lipinski definition) is 1. The molecule has 1 aliphatic heterocycles. The molecule has 4 heterocycles. The molecule has 1 unspecified atom stereocenters. The number of nitrogens with one attached hydrogen (secondary N) is 1. The van der Waals surface area contributed by atoms with Crippen LogP contribution in [0, 0.1) is 0 Å². The summed E-state index contributed by atoms with van der Waals surface area (Å²) in [7, 11) is 2.01. The van der Waals surface area contributed by atoms with Crippen LogP contribution in [0.2, 0.25) is 0 Å². The molecule has 1 fully saturated rings. The second kappa shape index (κ2) is 8.02. The lowest BCUT2D eigenvalue weighted by Crippen LogP contribution is -2.35. The van der Waals surface area contributed by atoms with Gasteiger partial charge in [-0.25, -0.2) is 4.98 Å². The first-order valence-electron chi connectivity index (χ1n) is 10.8. The van der Waals surface area contributed by atoms with E-state index < -0.39 is 0 Å². The molecule has 5 rings (SSSR count). The van der Waals surface area contributed by atoms with Gasteiger partial charge in [0, 0.05) is 43.2 Å². The molecule has 8 nitrogen and oxygen atoms in total. The number of rotatable bonds is 5. The fourth-order valence-corrected chi connectivity index (χ4v) is 4.36. The summed E-state index contributed by atoms with van der Waals surface area (Å²) in [6.07, 6.45) is 5.98. The van der Waals surface area contributed by atoms with Crippen molar-refractivity contribution in [1.29, 1.82) is 0 Å². The predicted molar refractivity (Wildman–Crippen MR) is 120 cm³/mol. The van der Waals surface area contributed by atoms with E-state index in [1.165, 1.54) is 0 Å². The lowest BCUT2D eigenvalue weighted by Gasteiger charge is -2.33. The minimum Gasteiger partial charge on any atom is -0.491 e. The van der Waals surface area contributed by atoms with Crippen LogP contribution in [0.3, 0.4) is 0 Å². The van der Waals surface area contributed by atoms with Gasteiger partial charge < -0.3 is 14.2 Å². The number of aromatic amines is 1. The highest BCUT2D eigenvalue weighted by atomic mass is 16.5. The van der Waals surface area contributed by atoms with Crippen molar-refractivity contribution in [3.63, 3.8) is 0 Å². The zero-order valence-electron chi connectivity index (χ0n) is 18.1. The molecule has 0 radical (unpaired) electrons. The molecule has 1 aromatic carbocycles. The Labute approximate surface area is 181 Å². The van der Waals surface area contributed by atoms with Crippen molar-refractivity contribution in [2.45, 2.75) is 38.7 Å². The Morgan fingerprint density at radius 1 is 1.19 bits per heavy atom. The first-order valence-corrected chi connectivity index (χ1v) is 10.8. The second-order valence-corrected chi connectivity index (χ2v) is 8.43. The molecule has 160 valence electrons. The summed E-state index contributed by atoms with van der Waals surface area (Å²) >= 11 is 0. The average Bonchev–Trinajstić information content (AvgIpc) is 3.39. The van der Waals surface area contributed by atoms with Gasteiger partial charge in [-0.3, -0.25) is 5.10 Å². The van der Waals surface area contributed by atoms with Gasteiger partial charge in [0.05, 0.1) is 11.6 Å². The zero-order valence-corrected chi connectivity index (χ0v) is 18.1. The van der Waals surface area contributed by atoms with Gasteiger partial charge in [-0.15, -0.1) is 10.2 Å². The van der Waals surface area contributed by atoms with Crippen LogP contribution in [0.1, 0.15) is 38.4 Å². The highest BCUT2D eigenvalue weighted by Gasteiger charge is 2.25. The maximum absolute atomic E-state index is 5.88. The molecule has 8 heteroatoms. The van der Waals surface area contributed by atoms with E-state index >= 15 is 0 Å². The van der Waals surface area contributed by atoms with E-state index in [0.29, 0.717) is 5.92 Å². The number of nitrogens with zero attached hydrogens (tertiary/aromatic N) is 6. The van der Waals surface area contributed by atoms with Crippen LogP contribution in [0.4, 0.5) is 5.82 Å². The SMILES string of the molecule is CC(C)Oc1ccc2[nH]nc(-c3ccnc(N4CCCC(c5nncn5C)C4)c3)c2c1. The largest absolute Gasteiger partial charge is 0.491 e. The maximum atomic E-state index is 5.88. The minimum atomic E-state index is 0.126. The number of benzene rings is 1. The second-order valence-electron chi connectivity index (χ2n) is 8.43. The Morgan fingerprint density at radius 2 is 2.10 bits per heavy atom. The molecule has 31 heavy (non-hydrogen) atoms. The molecule has 0 bridgehead atoms. The van der Waals surface area contributed by atoms with Crippen molar-refractivity contribution in [3.8, 4) is 17.0 Å². The van der Waals surface area contributed by atoms with E-state index in [2.05, 4.69) is 42.4 Å². The number of anilines is 1. The van der Waals surface area contributed by atoms with Gasteiger partial charge in [0.15, 0.2) is 0 Å². The number of pyridine rings is 1. The van der Waals surface area contributed by atoms with Crippen molar-refractivity contribution in [2.24, 2.45) is 7.05 Å². The molecule has 4 aromatic rings. The van der Waals surface area contributed by atoms with Gasteiger partial charge in [0.2, 0.25) is 0 Å². The number of aryl methyl sites for hydroxylation is 1. The summed E-state index contributed by atoms with van der Waals surface area (Å²) in [5.74, 6) is 3.21. The quantitative estimate of drug-likeness (QED) is 0.530. The molecule has 1 atom stereocenters. The highest BCUT2D eigenvalue weighted by molar-refractivity contribution is 5.94. The van der Waals surface area contributed by atoms with E-state index in [4.69, 9.17) is 4.74 Å². The third kappa shape index (κ3) is 3.85. The van der Waals surface area contributed by atoms with E-state index in [9.17, 15) is 0 Å². The molecule has 0 aliphatic carbocycles. The van der Waals surface area contributed by atoms with Gasteiger partial charge in [0.25, 0.3) is 0 Å². The third-order valence-electron chi connectivity index (χ3n) is 5.78. The van der Waals surface area contributed by atoms with Gasteiger partial charge in [-0.2, -0.15) is 5.10 Å². The van der Waals surface area contributed by atoms with Crippen molar-refractivity contribution in [3.05, 3.63) is 48.7 Å². The standard InChI is InChI=1S/C23H27N7O/c1-15(2)31-18-6-7-20-19(12-18)22(27-26-20)16-8-9-24-21(11-16)30-10-4-5-17(13-30)23-28-25-14-29(23)3/h6-9,11-12,14-15,17H,4-5,10,13H2,1-3H3,(H,26,27). The number of hydrogen-bond acceptors (Lipinski definition) is 6. The lowest BCUT2D eigenvalue weighted by atomic mass is 9.97. The first-order chi connectivity index (χ1) is 15.1. The van der Waals surface area contributed by atoms with Crippen LogP contribution in [-0.4, -0.2) is 49.1 Å². The molecule has 0 spiro atoms. The first kappa shape index (κ1) is 19.5. The van der Waals surface area contributed by atoms with E-state index in [1.807, 2.05) is 49.9 Å². The fourth-order valence-electron chi connectivity index (χ4n) is 4.36. The minimum absolute atomic E-state index is 0.126. The Kier molecular flexibility index (Phi) is 5.05. The zero-order chi connectivity index (χ0) is 21.4. The van der Waals surface area contributed by atoms with Crippen molar-refractivity contribution < 1.29 is 4.74 Å². The number of ether oxygens (including phenoxy) is 1. The Morgan fingerprint density at radius 3 is 2.90 bits per heavy atom. The average molecular weight is 418 g/mol. The van der Waals surface area contributed by atoms with Gasteiger partial charge in [0.1, 0.15) is 29.4 Å². The molecular formula is C23H27N7O. The number of aromatic nitrogens is 6. The Bertz CT molecular complexity index is 1200. The summed E-state index contributed by atoms with van der Waals surface area (Å²) < 4.78 is 7.90. The van der Waals surface area contributed by atoms with Crippen molar-refractivity contribution >= 4 is 16.7 Å². The van der Waals surface area contributed by atoms with E-state index in [0.717, 1.165) is 65.5 Å². The highest BCUT2D eigenvalue weighted by Crippen LogP contribution is 2.33. The topological polar surface area (TPSA) is 84.8 Å². The summed E-state index contributed by atoms with van der Waals surface area (Å²) in [5, 5.41) is 17.2. The van der Waals surface area contributed by atoms with E-state index in [-0.39, 0.29) is 6.10 Å². The van der Waals surface area contributed by atoms with Gasteiger partial charge in [-0.1, -0.05) is 0 Å². The van der Waals surface area contributed by atoms with Crippen molar-refractivity contribution in [2.75, 3.05) is 18.0 Å². The maximum Gasteiger partial charge on any atom is 0.137 e. The smallest absolute Gasteiger partial charge is 0.137 e. The van der Waals surface area contributed by atoms with E-state index in [1.54, 1.807) is 6.33 Å². The van der Waals surface area contributed by atoms with Crippen LogP contribution in [0.25, 0.3) is 22.2 Å². The van der Waals surface area contributed by atoms with Crippen molar-refractivity contribution in [1.82, 2.24) is 29.9 Å². The lowest BCUT2D eigenvalue weighted by molar-refractivity contribution is 0.243. The molecular weight excluding hydrogens is 390 g/mol. The molecule has 3 aromatic heterocycles. The Balaban J connectivity index is 1.45. The van der Waals surface area contributed by atoms with Crippen LogP contribution in [0.15, 0.2) is 42.9 Å². The molecule has 1 N–H and O–H groups in total. The molecule has 1 aliphatic rings. The van der Waals surface area contributed by atoms with Gasteiger partial charge in [-0.05, 0) is 57.0 Å². The third-order valence-corrected chi connectivity index (χ3v) is 5.78. The number of fused-ring (bicyclic) bond motifs is 1. The molecule has 0 saturated carbocycles. The van der Waals surface area contributed by atoms with Crippen LogP contribution >= 0.6 is 0 Å². The Hall–Kier alpha value is -3.42. The number of H-pyrrole nitrogens is 1. The molecule has 1 saturated heterocycles. The van der Waals surface area contributed by atoms with Crippen LogP contribution in [0.5, 0.6) is 5.75 Å². The molecule has 0 amide bonds. The summed E-state index contributed by atoms with van der Waals surface area (Å²) in [4.78, 5) is 7.01. The fraction of sp³-hybridized carbons (Fsp3) is 0.391. The predicted octanol–water partition coefficient (Wildman–Crippen LogP) is 3.92. The normalized spacial score (nSPS) is 16.9. The van der Waals surface area contributed by atoms with Crippen LogP contribution in [-0.2, 0) is 7.05 Å². The summed E-state index contributed by atoms with van der Waals surface area (Å²) in [5.41, 5.74) is 2.94. The monoisotopic (exact) mass is 417 g/mol. The van der Waals surface area contributed by atoms with Crippen LogP contribution < -0.4 is 9.64 Å². The summed E-state index contributed by atoms with van der Waals surface area (Å²) in [6.45, 7) is 5.93. The van der Waals surface area contributed by atoms with Gasteiger partial charge >= 0.3 is 0 Å².